The normalized spacial score (nSPS) is 42.6. The molecule has 0 aliphatic heterocycles. The van der Waals surface area contributed by atoms with Gasteiger partial charge in [-0.05, 0) is 85.4 Å². The first-order valence-corrected chi connectivity index (χ1v) is 12.7. The Kier molecular flexibility index (Phi) is 6.73. The molecule has 4 fully saturated rings. The molecule has 200 valence electrons. The Balaban J connectivity index is 1.46. The summed E-state index contributed by atoms with van der Waals surface area (Å²) in [4.78, 5) is 12.1. The zero-order valence-corrected chi connectivity index (χ0v) is 20.3. The standard InChI is InChI=1S/C26H36F6O3/c1-22-12-9-19-17(14-21(34)20-13-16(33)8-11-23(19,20)2)18(22)7-6-15(22)5-3-4-10-24(35,25(27,28)29)26(30,31)32/h3-4,15,17-21,34-35H,5-14H2,1-2H3/b4-3+. The fourth-order valence-electron chi connectivity index (χ4n) is 8.49. The summed E-state index contributed by atoms with van der Waals surface area (Å²) in [6, 6.07) is 0. The molecule has 0 radical (unpaired) electrons. The average Bonchev–Trinajstić information content (AvgIpc) is 3.07. The molecule has 4 saturated carbocycles. The van der Waals surface area contributed by atoms with E-state index in [1.165, 1.54) is 6.08 Å². The zero-order chi connectivity index (χ0) is 26.0. The molecule has 0 aromatic heterocycles. The summed E-state index contributed by atoms with van der Waals surface area (Å²) in [6.45, 7) is 4.41. The second-order valence-electron chi connectivity index (χ2n) is 12.1. The highest BCUT2D eigenvalue weighted by Crippen LogP contribution is 2.67. The van der Waals surface area contributed by atoms with Gasteiger partial charge in [-0.3, -0.25) is 4.79 Å². The predicted molar refractivity (Wildman–Crippen MR) is 117 cm³/mol. The van der Waals surface area contributed by atoms with Crippen molar-refractivity contribution >= 4 is 5.78 Å². The lowest BCUT2D eigenvalue weighted by Gasteiger charge is -2.61. The summed E-state index contributed by atoms with van der Waals surface area (Å²) in [5, 5.41) is 20.4. The van der Waals surface area contributed by atoms with E-state index in [4.69, 9.17) is 0 Å². The molecular formula is C26H36F6O3. The fraction of sp³-hybridized carbons (Fsp3) is 0.885. The van der Waals surface area contributed by atoms with Crippen molar-refractivity contribution in [2.75, 3.05) is 0 Å². The van der Waals surface area contributed by atoms with Crippen molar-refractivity contribution in [2.45, 2.75) is 102 Å². The van der Waals surface area contributed by atoms with Crippen LogP contribution in [0.1, 0.15) is 78.1 Å². The van der Waals surface area contributed by atoms with Gasteiger partial charge in [-0.15, -0.1) is 0 Å². The quantitative estimate of drug-likeness (QED) is 0.341. The Labute approximate surface area is 202 Å². The van der Waals surface area contributed by atoms with Crippen molar-refractivity contribution in [2.24, 2.45) is 40.4 Å². The van der Waals surface area contributed by atoms with Gasteiger partial charge in [-0.1, -0.05) is 26.0 Å². The number of halogens is 6. The minimum atomic E-state index is -5.81. The van der Waals surface area contributed by atoms with Crippen LogP contribution < -0.4 is 0 Å². The van der Waals surface area contributed by atoms with E-state index in [0.717, 1.165) is 38.2 Å². The third-order valence-corrected chi connectivity index (χ3v) is 10.6. The van der Waals surface area contributed by atoms with Crippen LogP contribution in [0.4, 0.5) is 26.3 Å². The molecule has 0 aromatic rings. The van der Waals surface area contributed by atoms with Crippen LogP contribution in [-0.2, 0) is 4.79 Å². The molecular weight excluding hydrogens is 474 g/mol. The zero-order valence-electron chi connectivity index (χ0n) is 20.3. The monoisotopic (exact) mass is 510 g/mol. The number of hydrogen-bond acceptors (Lipinski definition) is 3. The van der Waals surface area contributed by atoms with E-state index in [1.807, 2.05) is 0 Å². The van der Waals surface area contributed by atoms with Crippen LogP contribution in [0.5, 0.6) is 0 Å². The van der Waals surface area contributed by atoms with Crippen LogP contribution in [0, 0.1) is 40.4 Å². The number of Topliss-reactive ketones (excluding diaryl/α,β-unsaturated/α-hetero) is 1. The van der Waals surface area contributed by atoms with Crippen molar-refractivity contribution in [3.63, 3.8) is 0 Å². The van der Waals surface area contributed by atoms with E-state index in [9.17, 15) is 41.4 Å². The lowest BCUT2D eigenvalue weighted by atomic mass is 9.44. The van der Waals surface area contributed by atoms with Crippen LogP contribution in [0.15, 0.2) is 12.2 Å². The first-order valence-electron chi connectivity index (χ1n) is 12.7. The van der Waals surface area contributed by atoms with Gasteiger partial charge >= 0.3 is 12.4 Å². The molecule has 0 saturated heterocycles. The molecule has 2 N–H and O–H groups in total. The largest absolute Gasteiger partial charge is 0.426 e. The van der Waals surface area contributed by atoms with Crippen LogP contribution in [0.25, 0.3) is 0 Å². The number of rotatable bonds is 4. The predicted octanol–water partition coefficient (Wildman–Crippen LogP) is 6.38. The van der Waals surface area contributed by atoms with Gasteiger partial charge in [-0.2, -0.15) is 26.3 Å². The van der Waals surface area contributed by atoms with Gasteiger partial charge in [0.15, 0.2) is 0 Å². The van der Waals surface area contributed by atoms with Crippen molar-refractivity contribution in [3.8, 4) is 0 Å². The van der Waals surface area contributed by atoms with Crippen LogP contribution in [0.2, 0.25) is 0 Å². The summed E-state index contributed by atoms with van der Waals surface area (Å²) in [7, 11) is 0. The number of fused-ring (bicyclic) bond motifs is 5. The lowest BCUT2D eigenvalue weighted by Crippen LogP contribution is -2.57. The first kappa shape index (κ1) is 27.0. The van der Waals surface area contributed by atoms with Gasteiger partial charge in [0.1, 0.15) is 5.78 Å². The maximum Gasteiger partial charge on any atom is 0.426 e. The number of allylic oxidation sites excluding steroid dienone is 1. The number of hydrogen-bond donors (Lipinski definition) is 2. The van der Waals surface area contributed by atoms with E-state index in [-0.39, 0.29) is 28.4 Å². The number of ketones is 1. The number of aliphatic hydroxyl groups is 2. The minimum Gasteiger partial charge on any atom is -0.393 e. The van der Waals surface area contributed by atoms with Gasteiger partial charge in [0, 0.05) is 19.3 Å². The summed E-state index contributed by atoms with van der Waals surface area (Å²) in [5.74, 6) is 1.42. The van der Waals surface area contributed by atoms with Crippen LogP contribution in [0.3, 0.4) is 0 Å². The van der Waals surface area contributed by atoms with Gasteiger partial charge in [-0.25, -0.2) is 0 Å². The Morgan fingerprint density at radius 1 is 0.914 bits per heavy atom. The van der Waals surface area contributed by atoms with Crippen molar-refractivity contribution in [1.29, 1.82) is 0 Å². The molecule has 0 bridgehead atoms. The van der Waals surface area contributed by atoms with E-state index in [2.05, 4.69) is 13.8 Å². The number of carbonyl (C=O) groups is 1. The van der Waals surface area contributed by atoms with Gasteiger partial charge in [0.05, 0.1) is 6.10 Å². The van der Waals surface area contributed by atoms with E-state index in [0.29, 0.717) is 43.4 Å². The minimum absolute atomic E-state index is 0.00416. The lowest BCUT2D eigenvalue weighted by molar-refractivity contribution is -0.366. The number of aliphatic hydroxyl groups excluding tert-OH is 1. The molecule has 4 rings (SSSR count). The fourth-order valence-corrected chi connectivity index (χ4v) is 8.49. The molecule has 8 atom stereocenters. The molecule has 0 amide bonds. The topological polar surface area (TPSA) is 57.5 Å². The molecule has 0 spiro atoms. The molecule has 0 heterocycles. The van der Waals surface area contributed by atoms with E-state index >= 15 is 0 Å². The highest BCUT2D eigenvalue weighted by Gasteiger charge is 2.69. The molecule has 0 aromatic carbocycles. The summed E-state index contributed by atoms with van der Waals surface area (Å²) in [5.41, 5.74) is -4.92. The van der Waals surface area contributed by atoms with Crippen molar-refractivity contribution < 1.29 is 41.4 Å². The molecule has 4 aliphatic rings. The summed E-state index contributed by atoms with van der Waals surface area (Å²) < 4.78 is 77.6. The third kappa shape index (κ3) is 4.26. The molecule has 3 nitrogen and oxygen atoms in total. The SMILES string of the molecule is CC12CCC3C(CC(O)C4CC(=O)CCC43C)C1CCC2C/C=C/CC(O)(C(F)(F)F)C(F)(F)F. The smallest absolute Gasteiger partial charge is 0.393 e. The van der Waals surface area contributed by atoms with E-state index in [1.54, 1.807) is 0 Å². The summed E-state index contributed by atoms with van der Waals surface area (Å²) >= 11 is 0. The second kappa shape index (κ2) is 8.74. The van der Waals surface area contributed by atoms with Gasteiger partial charge in [0.25, 0.3) is 5.60 Å². The van der Waals surface area contributed by atoms with Crippen molar-refractivity contribution in [1.82, 2.24) is 0 Å². The number of alkyl halides is 6. The molecule has 9 heteroatoms. The maximum atomic E-state index is 12.9. The highest BCUT2D eigenvalue weighted by atomic mass is 19.4. The number of carbonyl (C=O) groups excluding carboxylic acids is 1. The molecule has 4 aliphatic carbocycles. The van der Waals surface area contributed by atoms with Crippen LogP contribution >= 0.6 is 0 Å². The Morgan fingerprint density at radius 2 is 1.54 bits per heavy atom. The second-order valence-corrected chi connectivity index (χ2v) is 12.1. The van der Waals surface area contributed by atoms with Crippen LogP contribution in [-0.4, -0.2) is 40.1 Å². The summed E-state index contributed by atoms with van der Waals surface area (Å²) in [6.07, 6.45) is -5.02. The Hall–Kier alpha value is -1.09. The van der Waals surface area contributed by atoms with Gasteiger partial charge < -0.3 is 10.2 Å². The third-order valence-electron chi connectivity index (χ3n) is 10.6. The molecule has 8 unspecified atom stereocenters. The van der Waals surface area contributed by atoms with E-state index < -0.39 is 30.5 Å². The Bertz CT molecular complexity index is 837. The molecule has 35 heavy (non-hydrogen) atoms. The maximum absolute atomic E-state index is 12.9. The van der Waals surface area contributed by atoms with Crippen molar-refractivity contribution in [3.05, 3.63) is 12.2 Å². The van der Waals surface area contributed by atoms with Gasteiger partial charge in [0.2, 0.25) is 0 Å². The average molecular weight is 511 g/mol. The highest BCUT2D eigenvalue weighted by molar-refractivity contribution is 5.79. The first-order chi connectivity index (χ1) is 16.0. The Morgan fingerprint density at radius 3 is 2.17 bits per heavy atom.